The molecule has 0 heterocycles. The van der Waals surface area contributed by atoms with Crippen molar-refractivity contribution in [3.8, 4) is 11.8 Å². The van der Waals surface area contributed by atoms with Gasteiger partial charge in [-0.25, -0.2) is 0 Å². The normalized spacial score (nSPS) is 9.53. The number of rotatable bonds is 4. The highest BCUT2D eigenvalue weighted by atomic mass is 79.9. The number of carbonyl (C=O) groups is 1. The van der Waals surface area contributed by atoms with E-state index in [9.17, 15) is 4.79 Å². The first-order chi connectivity index (χ1) is 8.13. The van der Waals surface area contributed by atoms with Crippen LogP contribution in [0.15, 0.2) is 16.6 Å². The van der Waals surface area contributed by atoms with Crippen molar-refractivity contribution in [2.75, 3.05) is 13.7 Å². The Hall–Kier alpha value is -1.54. The molecule has 0 radical (unpaired) electrons. The maximum Gasteiger partial charge on any atom is 0.310 e. The molecule has 1 aromatic carbocycles. The van der Waals surface area contributed by atoms with Crippen molar-refractivity contribution < 1.29 is 14.3 Å². The van der Waals surface area contributed by atoms with Gasteiger partial charge in [0, 0.05) is 10.0 Å². The first-order valence-electron chi connectivity index (χ1n) is 5.05. The van der Waals surface area contributed by atoms with Gasteiger partial charge in [-0.3, -0.25) is 4.79 Å². The number of methoxy groups -OCH3 is 1. The summed E-state index contributed by atoms with van der Waals surface area (Å²) in [6, 6.07) is 5.49. The minimum atomic E-state index is -0.336. The number of carbonyl (C=O) groups excluding carboxylic acids is 1. The first-order valence-corrected chi connectivity index (χ1v) is 5.84. The third-order valence-electron chi connectivity index (χ3n) is 2.14. The van der Waals surface area contributed by atoms with Crippen LogP contribution in [-0.4, -0.2) is 19.7 Å². The zero-order valence-electron chi connectivity index (χ0n) is 9.62. The molecule has 90 valence electrons. The Balaban J connectivity index is 3.09. The van der Waals surface area contributed by atoms with E-state index in [1.54, 1.807) is 19.1 Å². The molecule has 0 aliphatic rings. The molecule has 5 heteroatoms. The summed E-state index contributed by atoms with van der Waals surface area (Å²) in [6.07, 6.45) is 0.0962. The quantitative estimate of drug-likeness (QED) is 0.801. The number of benzene rings is 1. The lowest BCUT2D eigenvalue weighted by molar-refractivity contribution is -0.142. The molecule has 0 saturated carbocycles. The fourth-order valence-corrected chi connectivity index (χ4v) is 1.85. The molecule has 1 rings (SSSR count). The predicted octanol–water partition coefficient (Wildman–Crippen LogP) is 2.43. The molecular formula is C12H12BrNO3. The second-order valence-corrected chi connectivity index (χ2v) is 4.06. The smallest absolute Gasteiger partial charge is 0.310 e. The topological polar surface area (TPSA) is 59.3 Å². The number of nitriles is 1. The predicted molar refractivity (Wildman–Crippen MR) is 65.7 cm³/mol. The van der Waals surface area contributed by atoms with Crippen LogP contribution in [0.5, 0.6) is 5.75 Å². The Morgan fingerprint density at radius 2 is 2.24 bits per heavy atom. The van der Waals surface area contributed by atoms with Crippen molar-refractivity contribution in [1.82, 2.24) is 0 Å². The second-order valence-electron chi connectivity index (χ2n) is 3.21. The largest absolute Gasteiger partial charge is 0.495 e. The summed E-state index contributed by atoms with van der Waals surface area (Å²) >= 11 is 3.26. The van der Waals surface area contributed by atoms with Crippen LogP contribution in [0, 0.1) is 11.3 Å². The number of hydrogen-bond acceptors (Lipinski definition) is 4. The van der Waals surface area contributed by atoms with E-state index in [2.05, 4.69) is 15.9 Å². The number of halogens is 1. The highest BCUT2D eigenvalue weighted by molar-refractivity contribution is 9.10. The average molecular weight is 298 g/mol. The molecule has 0 aromatic heterocycles. The molecule has 0 aliphatic heterocycles. The van der Waals surface area contributed by atoms with E-state index in [1.165, 1.54) is 7.11 Å². The van der Waals surface area contributed by atoms with E-state index >= 15 is 0 Å². The lowest BCUT2D eigenvalue weighted by atomic mass is 10.1. The Morgan fingerprint density at radius 1 is 1.53 bits per heavy atom. The summed E-state index contributed by atoms with van der Waals surface area (Å²) < 4.78 is 10.7. The number of esters is 1. The first kappa shape index (κ1) is 13.5. The number of hydrogen-bond donors (Lipinski definition) is 0. The van der Waals surface area contributed by atoms with Crippen LogP contribution in [-0.2, 0) is 16.0 Å². The highest BCUT2D eigenvalue weighted by Crippen LogP contribution is 2.30. The SMILES string of the molecule is CCOC(=O)Cc1ccc(Br)c(C#N)c1OC. The van der Waals surface area contributed by atoms with Gasteiger partial charge in [-0.05, 0) is 28.9 Å². The summed E-state index contributed by atoms with van der Waals surface area (Å²) in [5.41, 5.74) is 1.03. The van der Waals surface area contributed by atoms with Gasteiger partial charge in [-0.15, -0.1) is 0 Å². The minimum absolute atomic E-state index is 0.0962. The van der Waals surface area contributed by atoms with Crippen molar-refractivity contribution in [3.05, 3.63) is 27.7 Å². The lowest BCUT2D eigenvalue weighted by Gasteiger charge is -2.10. The summed E-state index contributed by atoms with van der Waals surface area (Å²) in [5.74, 6) is 0.0759. The van der Waals surface area contributed by atoms with Gasteiger partial charge in [0.15, 0.2) is 0 Å². The molecular weight excluding hydrogens is 286 g/mol. The summed E-state index contributed by atoms with van der Waals surface area (Å²) in [7, 11) is 1.47. The van der Waals surface area contributed by atoms with Gasteiger partial charge in [0.25, 0.3) is 0 Å². The maximum atomic E-state index is 11.4. The Kier molecular flexibility index (Phi) is 4.98. The van der Waals surface area contributed by atoms with E-state index in [1.807, 2.05) is 6.07 Å². The number of nitrogens with zero attached hydrogens (tertiary/aromatic N) is 1. The zero-order chi connectivity index (χ0) is 12.8. The third kappa shape index (κ3) is 3.21. The molecule has 0 fully saturated rings. The Labute approximate surface area is 108 Å². The van der Waals surface area contributed by atoms with Crippen molar-refractivity contribution in [1.29, 1.82) is 5.26 Å². The van der Waals surface area contributed by atoms with Crippen LogP contribution in [0.2, 0.25) is 0 Å². The third-order valence-corrected chi connectivity index (χ3v) is 2.81. The van der Waals surface area contributed by atoms with Crippen LogP contribution >= 0.6 is 15.9 Å². The molecule has 17 heavy (non-hydrogen) atoms. The van der Waals surface area contributed by atoms with Crippen LogP contribution in [0.3, 0.4) is 0 Å². The summed E-state index contributed by atoms with van der Waals surface area (Å²) in [5, 5.41) is 9.02. The molecule has 1 aromatic rings. The molecule has 0 spiro atoms. The Morgan fingerprint density at radius 3 is 2.76 bits per heavy atom. The van der Waals surface area contributed by atoms with Gasteiger partial charge in [-0.2, -0.15) is 5.26 Å². The molecule has 0 saturated heterocycles. The van der Waals surface area contributed by atoms with Gasteiger partial charge in [-0.1, -0.05) is 6.07 Å². The molecule has 0 unspecified atom stereocenters. The fourth-order valence-electron chi connectivity index (χ4n) is 1.45. The van der Waals surface area contributed by atoms with Crippen molar-refractivity contribution in [3.63, 3.8) is 0 Å². The van der Waals surface area contributed by atoms with E-state index < -0.39 is 0 Å². The lowest BCUT2D eigenvalue weighted by Crippen LogP contribution is -2.09. The molecule has 0 amide bonds. The fraction of sp³-hybridized carbons (Fsp3) is 0.333. The monoisotopic (exact) mass is 297 g/mol. The van der Waals surface area contributed by atoms with Crippen LogP contribution in [0.4, 0.5) is 0 Å². The number of ether oxygens (including phenoxy) is 2. The Bertz CT molecular complexity index is 466. The van der Waals surface area contributed by atoms with E-state index in [0.29, 0.717) is 28.0 Å². The summed E-state index contributed by atoms with van der Waals surface area (Å²) in [4.78, 5) is 11.4. The van der Waals surface area contributed by atoms with Crippen molar-refractivity contribution in [2.45, 2.75) is 13.3 Å². The van der Waals surface area contributed by atoms with Crippen molar-refractivity contribution >= 4 is 21.9 Å². The minimum Gasteiger partial charge on any atom is -0.495 e. The van der Waals surface area contributed by atoms with E-state index in [4.69, 9.17) is 14.7 Å². The molecule has 0 aliphatic carbocycles. The van der Waals surface area contributed by atoms with Gasteiger partial charge < -0.3 is 9.47 Å². The molecule has 0 N–H and O–H groups in total. The van der Waals surface area contributed by atoms with E-state index in [-0.39, 0.29) is 12.4 Å². The highest BCUT2D eigenvalue weighted by Gasteiger charge is 2.15. The van der Waals surface area contributed by atoms with Gasteiger partial charge in [0.1, 0.15) is 17.4 Å². The molecule has 0 bridgehead atoms. The molecule has 0 atom stereocenters. The van der Waals surface area contributed by atoms with Crippen molar-refractivity contribution in [2.24, 2.45) is 0 Å². The zero-order valence-corrected chi connectivity index (χ0v) is 11.2. The summed E-state index contributed by atoms with van der Waals surface area (Å²) in [6.45, 7) is 2.08. The average Bonchev–Trinajstić information content (AvgIpc) is 2.31. The van der Waals surface area contributed by atoms with Crippen LogP contribution < -0.4 is 4.74 Å². The maximum absolute atomic E-state index is 11.4. The van der Waals surface area contributed by atoms with Crippen LogP contribution in [0.25, 0.3) is 0 Å². The van der Waals surface area contributed by atoms with E-state index in [0.717, 1.165) is 0 Å². The molecule has 4 nitrogen and oxygen atoms in total. The van der Waals surface area contributed by atoms with Gasteiger partial charge in [0.05, 0.1) is 20.1 Å². The standard InChI is InChI=1S/C12H12BrNO3/c1-3-17-11(15)6-8-4-5-10(13)9(7-14)12(8)16-2/h4-5H,3,6H2,1-2H3. The second kappa shape index (κ2) is 6.26. The van der Waals surface area contributed by atoms with Gasteiger partial charge in [0.2, 0.25) is 0 Å². The van der Waals surface area contributed by atoms with Gasteiger partial charge >= 0.3 is 5.97 Å². The van der Waals surface area contributed by atoms with Crippen LogP contribution in [0.1, 0.15) is 18.1 Å².